The molecule has 0 spiro atoms. The number of hydrogen-bond acceptors (Lipinski definition) is 4. The molecule has 7 nitrogen and oxygen atoms in total. The number of carbonyl (C=O) groups is 3. The van der Waals surface area contributed by atoms with Crippen LogP contribution < -0.4 is 15.8 Å². The minimum absolute atomic E-state index is 0.0676. The highest BCUT2D eigenvalue weighted by Gasteiger charge is 2.35. The molecule has 3 amide bonds. The van der Waals surface area contributed by atoms with Crippen LogP contribution in [0.2, 0.25) is 0 Å². The monoisotopic (exact) mass is 493 g/mol. The first-order valence-electron chi connectivity index (χ1n) is 11.4. The van der Waals surface area contributed by atoms with Gasteiger partial charge in [-0.1, -0.05) is 42.5 Å². The van der Waals surface area contributed by atoms with E-state index in [0.29, 0.717) is 11.8 Å². The van der Waals surface area contributed by atoms with Crippen LogP contribution >= 0.6 is 0 Å². The van der Waals surface area contributed by atoms with Gasteiger partial charge in [0, 0.05) is 11.6 Å². The molecule has 3 N–H and O–H groups in total. The number of nitrogens with zero attached hydrogens (tertiary/aromatic N) is 1. The molecule has 0 aliphatic carbocycles. The standard InChI is InChI=1S/C27H25F2N3O4/c1-15-20-7-3-4-8-21(20)22-9-5-6-10-23(22)32(27(15)36)31-26(35)25(16(2)33)30-24(34)13-17-11-18(28)14-19(29)12-17/h3-12,14-16,25,33H,13H2,1-2H3,(H,30,34)(H,31,35)/t15?,16-,25+/m1/s1. The molecular formula is C27H25F2N3O4. The Morgan fingerprint density at radius 3 is 2.28 bits per heavy atom. The smallest absolute Gasteiger partial charge is 0.264 e. The van der Waals surface area contributed by atoms with E-state index in [4.69, 9.17) is 0 Å². The Bertz CT molecular complexity index is 1310. The molecule has 0 aromatic heterocycles. The number of hydrogen-bond donors (Lipinski definition) is 3. The van der Waals surface area contributed by atoms with E-state index < -0.39 is 53.8 Å². The number of anilines is 1. The molecule has 3 aromatic carbocycles. The van der Waals surface area contributed by atoms with E-state index in [1.807, 2.05) is 36.4 Å². The van der Waals surface area contributed by atoms with E-state index in [9.17, 15) is 28.3 Å². The largest absolute Gasteiger partial charge is 0.391 e. The molecule has 9 heteroatoms. The lowest BCUT2D eigenvalue weighted by Gasteiger charge is -2.28. The summed E-state index contributed by atoms with van der Waals surface area (Å²) in [6.07, 6.45) is -1.74. The predicted octanol–water partition coefficient (Wildman–Crippen LogP) is 3.22. The zero-order valence-corrected chi connectivity index (χ0v) is 19.7. The molecule has 36 heavy (non-hydrogen) atoms. The summed E-state index contributed by atoms with van der Waals surface area (Å²) >= 11 is 0. The molecule has 0 saturated heterocycles. The maximum absolute atomic E-state index is 13.5. The average molecular weight is 494 g/mol. The van der Waals surface area contributed by atoms with Crippen LogP contribution in [0.25, 0.3) is 11.1 Å². The summed E-state index contributed by atoms with van der Waals surface area (Å²) in [6, 6.07) is 15.8. The molecule has 3 atom stereocenters. The fourth-order valence-electron chi connectivity index (χ4n) is 4.28. The van der Waals surface area contributed by atoms with Gasteiger partial charge in [0.05, 0.1) is 24.1 Å². The lowest BCUT2D eigenvalue weighted by Crippen LogP contribution is -2.58. The van der Waals surface area contributed by atoms with Crippen LogP contribution in [0.3, 0.4) is 0 Å². The molecule has 1 aliphatic heterocycles. The summed E-state index contributed by atoms with van der Waals surface area (Å²) in [5.74, 6) is -4.22. The number of fused-ring (bicyclic) bond motifs is 3. The molecule has 3 aromatic rings. The van der Waals surface area contributed by atoms with Crippen LogP contribution in [0.4, 0.5) is 14.5 Å². The Labute approximate surface area is 206 Å². The van der Waals surface area contributed by atoms with Crippen molar-refractivity contribution in [1.29, 1.82) is 0 Å². The Morgan fingerprint density at radius 1 is 1.00 bits per heavy atom. The average Bonchev–Trinajstić information content (AvgIpc) is 2.91. The fourth-order valence-corrected chi connectivity index (χ4v) is 4.28. The third-order valence-corrected chi connectivity index (χ3v) is 6.04. The lowest BCUT2D eigenvalue weighted by molar-refractivity contribution is -0.132. The highest BCUT2D eigenvalue weighted by atomic mass is 19.1. The van der Waals surface area contributed by atoms with Crippen molar-refractivity contribution in [3.05, 3.63) is 89.5 Å². The van der Waals surface area contributed by atoms with Crippen LogP contribution in [-0.4, -0.2) is 35.0 Å². The number of amides is 3. The maximum Gasteiger partial charge on any atom is 0.264 e. The summed E-state index contributed by atoms with van der Waals surface area (Å²) in [5.41, 5.74) is 5.45. The van der Waals surface area contributed by atoms with Crippen LogP contribution in [0.15, 0.2) is 66.7 Å². The van der Waals surface area contributed by atoms with Crippen molar-refractivity contribution in [3.63, 3.8) is 0 Å². The number of nitrogens with one attached hydrogen (secondary N) is 2. The number of aliphatic hydroxyl groups is 1. The Kier molecular flexibility index (Phi) is 7.12. The first-order valence-corrected chi connectivity index (χ1v) is 11.4. The second kappa shape index (κ2) is 10.2. The topological polar surface area (TPSA) is 98.7 Å². The zero-order valence-electron chi connectivity index (χ0n) is 19.7. The van der Waals surface area contributed by atoms with Gasteiger partial charge >= 0.3 is 0 Å². The van der Waals surface area contributed by atoms with Gasteiger partial charge in [0.2, 0.25) is 5.91 Å². The molecular weight excluding hydrogens is 468 g/mol. The quantitative estimate of drug-likeness (QED) is 0.491. The highest BCUT2D eigenvalue weighted by molar-refractivity contribution is 6.07. The van der Waals surface area contributed by atoms with Crippen molar-refractivity contribution in [3.8, 4) is 11.1 Å². The van der Waals surface area contributed by atoms with Gasteiger partial charge in [-0.05, 0) is 48.7 Å². The molecule has 1 aliphatic rings. The zero-order chi connectivity index (χ0) is 26.0. The van der Waals surface area contributed by atoms with Gasteiger partial charge in [0.1, 0.15) is 17.7 Å². The van der Waals surface area contributed by atoms with Crippen LogP contribution in [-0.2, 0) is 20.8 Å². The number of rotatable bonds is 6. The lowest BCUT2D eigenvalue weighted by atomic mass is 9.92. The maximum atomic E-state index is 13.5. The summed E-state index contributed by atoms with van der Waals surface area (Å²) in [6.45, 7) is 3.04. The fraction of sp³-hybridized carbons (Fsp3) is 0.222. The molecule has 0 bridgehead atoms. The van der Waals surface area contributed by atoms with Gasteiger partial charge in [0.25, 0.3) is 11.8 Å². The van der Waals surface area contributed by atoms with Gasteiger partial charge in [-0.15, -0.1) is 0 Å². The van der Waals surface area contributed by atoms with Crippen molar-refractivity contribution in [2.75, 3.05) is 5.01 Å². The van der Waals surface area contributed by atoms with E-state index in [-0.39, 0.29) is 5.56 Å². The van der Waals surface area contributed by atoms with E-state index in [1.54, 1.807) is 19.1 Å². The molecule has 0 fully saturated rings. The van der Waals surface area contributed by atoms with Crippen LogP contribution in [0, 0.1) is 11.6 Å². The summed E-state index contributed by atoms with van der Waals surface area (Å²) in [4.78, 5) is 39.2. The van der Waals surface area contributed by atoms with E-state index >= 15 is 0 Å². The van der Waals surface area contributed by atoms with E-state index in [2.05, 4.69) is 10.7 Å². The van der Waals surface area contributed by atoms with Crippen molar-refractivity contribution in [2.45, 2.75) is 38.3 Å². The molecule has 0 saturated carbocycles. The van der Waals surface area contributed by atoms with Crippen molar-refractivity contribution >= 4 is 23.4 Å². The number of carbonyl (C=O) groups excluding carboxylic acids is 3. The van der Waals surface area contributed by atoms with Gasteiger partial charge in [-0.2, -0.15) is 0 Å². The molecule has 4 rings (SSSR count). The third kappa shape index (κ3) is 5.11. The van der Waals surface area contributed by atoms with Crippen LogP contribution in [0.1, 0.15) is 30.9 Å². The Morgan fingerprint density at radius 2 is 1.61 bits per heavy atom. The van der Waals surface area contributed by atoms with Gasteiger partial charge < -0.3 is 10.4 Å². The van der Waals surface area contributed by atoms with Crippen LogP contribution in [0.5, 0.6) is 0 Å². The van der Waals surface area contributed by atoms with Crippen molar-refractivity contribution in [2.24, 2.45) is 0 Å². The summed E-state index contributed by atoms with van der Waals surface area (Å²) in [7, 11) is 0. The number of para-hydroxylation sites is 1. The third-order valence-electron chi connectivity index (χ3n) is 6.04. The summed E-state index contributed by atoms with van der Waals surface area (Å²) < 4.78 is 26.9. The Hall–Kier alpha value is -4.11. The van der Waals surface area contributed by atoms with E-state index in [1.165, 1.54) is 6.92 Å². The second-order valence-electron chi connectivity index (χ2n) is 8.72. The number of hydrazine groups is 1. The SMILES string of the molecule is CC1C(=O)N(NC(=O)[C@@H](NC(=O)Cc2cc(F)cc(F)c2)[C@@H](C)O)c2ccccc2-c2ccccc21. The molecule has 1 unspecified atom stereocenters. The first-order chi connectivity index (χ1) is 17.2. The van der Waals surface area contributed by atoms with Crippen molar-refractivity contribution in [1.82, 2.24) is 10.7 Å². The Balaban J connectivity index is 1.58. The van der Waals surface area contributed by atoms with Crippen molar-refractivity contribution < 1.29 is 28.3 Å². The van der Waals surface area contributed by atoms with Gasteiger partial charge in [0.15, 0.2) is 0 Å². The number of benzene rings is 3. The van der Waals surface area contributed by atoms with Gasteiger partial charge in [-0.3, -0.25) is 19.8 Å². The number of aliphatic hydroxyl groups excluding tert-OH is 1. The second-order valence-corrected chi connectivity index (χ2v) is 8.72. The number of halogens is 2. The predicted molar refractivity (Wildman–Crippen MR) is 130 cm³/mol. The minimum atomic E-state index is -1.43. The van der Waals surface area contributed by atoms with E-state index in [0.717, 1.165) is 33.8 Å². The summed E-state index contributed by atoms with van der Waals surface area (Å²) in [5, 5.41) is 13.7. The molecule has 186 valence electrons. The normalized spacial score (nSPS) is 16.3. The highest BCUT2D eigenvalue weighted by Crippen LogP contribution is 2.39. The minimum Gasteiger partial charge on any atom is -0.391 e. The molecule has 0 radical (unpaired) electrons. The molecule has 1 heterocycles. The van der Waals surface area contributed by atoms with Gasteiger partial charge in [-0.25, -0.2) is 13.8 Å². The first kappa shape index (κ1) is 25.0.